The van der Waals surface area contributed by atoms with Crippen LogP contribution in [0.1, 0.15) is 23.3 Å². The minimum Gasteiger partial charge on any atom is -0.397 e. The summed E-state index contributed by atoms with van der Waals surface area (Å²) >= 11 is 1.80. The van der Waals surface area contributed by atoms with Crippen LogP contribution in [0, 0.1) is 0 Å². The van der Waals surface area contributed by atoms with Crippen LogP contribution in [0.4, 0.5) is 11.4 Å². The summed E-state index contributed by atoms with van der Waals surface area (Å²) < 4.78 is 0. The third-order valence-electron chi connectivity index (χ3n) is 3.50. The van der Waals surface area contributed by atoms with E-state index in [9.17, 15) is 0 Å². The number of hydrogen-bond acceptors (Lipinski definition) is 3. The maximum atomic E-state index is 6.19. The molecule has 0 bridgehead atoms. The van der Waals surface area contributed by atoms with E-state index in [1.165, 1.54) is 29.0 Å². The molecule has 1 aliphatic heterocycles. The zero-order valence-electron chi connectivity index (χ0n) is 10.4. The minimum absolute atomic E-state index is 0.922. The van der Waals surface area contributed by atoms with E-state index in [1.54, 1.807) is 11.3 Å². The molecule has 94 valence electrons. The molecule has 1 fully saturated rings. The molecule has 0 aliphatic carbocycles. The molecular formula is C15H18N2S. The van der Waals surface area contributed by atoms with Gasteiger partial charge < -0.3 is 10.6 Å². The van der Waals surface area contributed by atoms with Crippen molar-refractivity contribution in [1.82, 2.24) is 0 Å². The molecule has 3 heteroatoms. The molecule has 0 saturated carbocycles. The SMILES string of the molecule is Nc1cc(Cc2cccs2)ccc1N1CCCC1. The highest BCUT2D eigenvalue weighted by Gasteiger charge is 2.14. The average Bonchev–Trinajstić information content (AvgIpc) is 3.01. The number of thiophene rings is 1. The molecule has 1 aromatic heterocycles. The molecule has 0 spiro atoms. The molecule has 1 aliphatic rings. The van der Waals surface area contributed by atoms with Crippen molar-refractivity contribution in [3.05, 3.63) is 46.2 Å². The summed E-state index contributed by atoms with van der Waals surface area (Å²) in [5, 5.41) is 2.12. The summed E-state index contributed by atoms with van der Waals surface area (Å²) in [5.74, 6) is 0. The second-order valence-corrected chi connectivity index (χ2v) is 5.88. The highest BCUT2D eigenvalue weighted by molar-refractivity contribution is 7.09. The Morgan fingerprint density at radius 1 is 1.17 bits per heavy atom. The Morgan fingerprint density at radius 3 is 2.67 bits per heavy atom. The first-order valence-electron chi connectivity index (χ1n) is 6.49. The molecule has 0 atom stereocenters. The van der Waals surface area contributed by atoms with Crippen molar-refractivity contribution in [3.63, 3.8) is 0 Å². The van der Waals surface area contributed by atoms with Crippen molar-refractivity contribution >= 4 is 22.7 Å². The summed E-state index contributed by atoms with van der Waals surface area (Å²) in [6.45, 7) is 2.29. The van der Waals surface area contributed by atoms with Crippen LogP contribution in [0.2, 0.25) is 0 Å². The van der Waals surface area contributed by atoms with Crippen molar-refractivity contribution in [2.24, 2.45) is 0 Å². The molecule has 1 aromatic carbocycles. The first kappa shape index (κ1) is 11.6. The van der Waals surface area contributed by atoms with Gasteiger partial charge in [0.25, 0.3) is 0 Å². The van der Waals surface area contributed by atoms with Crippen LogP contribution in [-0.2, 0) is 6.42 Å². The van der Waals surface area contributed by atoms with Crippen molar-refractivity contribution in [3.8, 4) is 0 Å². The average molecular weight is 258 g/mol. The fourth-order valence-electron chi connectivity index (χ4n) is 2.57. The summed E-state index contributed by atoms with van der Waals surface area (Å²) in [7, 11) is 0. The normalized spacial score (nSPS) is 15.2. The van der Waals surface area contributed by atoms with Gasteiger partial charge in [-0.15, -0.1) is 11.3 Å². The molecule has 2 nitrogen and oxygen atoms in total. The van der Waals surface area contributed by atoms with Gasteiger partial charge in [-0.3, -0.25) is 0 Å². The lowest BCUT2D eigenvalue weighted by Crippen LogP contribution is -2.19. The van der Waals surface area contributed by atoms with E-state index < -0.39 is 0 Å². The first-order valence-corrected chi connectivity index (χ1v) is 7.36. The Bertz CT molecular complexity index is 513. The predicted octanol–water partition coefficient (Wildman–Crippen LogP) is 3.52. The molecule has 3 rings (SSSR count). The first-order chi connectivity index (χ1) is 8.83. The monoisotopic (exact) mass is 258 g/mol. The molecule has 1 saturated heterocycles. The Balaban J connectivity index is 1.80. The van der Waals surface area contributed by atoms with Gasteiger partial charge in [0.1, 0.15) is 0 Å². The van der Waals surface area contributed by atoms with Crippen molar-refractivity contribution in [2.75, 3.05) is 23.7 Å². The number of anilines is 2. The van der Waals surface area contributed by atoms with Crippen LogP contribution < -0.4 is 10.6 Å². The van der Waals surface area contributed by atoms with Gasteiger partial charge in [-0.2, -0.15) is 0 Å². The molecule has 2 aromatic rings. The molecule has 0 unspecified atom stereocenters. The molecule has 0 radical (unpaired) electrons. The van der Waals surface area contributed by atoms with E-state index in [1.807, 2.05) is 0 Å². The fourth-order valence-corrected chi connectivity index (χ4v) is 3.31. The van der Waals surface area contributed by atoms with E-state index in [0.29, 0.717) is 0 Å². The van der Waals surface area contributed by atoms with Crippen LogP contribution in [0.5, 0.6) is 0 Å². The van der Waals surface area contributed by atoms with Crippen molar-refractivity contribution < 1.29 is 0 Å². The third-order valence-corrected chi connectivity index (χ3v) is 4.37. The Kier molecular flexibility index (Phi) is 3.24. The summed E-state index contributed by atoms with van der Waals surface area (Å²) in [5.41, 5.74) is 9.63. The largest absolute Gasteiger partial charge is 0.397 e. The maximum absolute atomic E-state index is 6.19. The molecule has 2 heterocycles. The van der Waals surface area contributed by atoms with E-state index in [2.05, 4.69) is 40.6 Å². The van der Waals surface area contributed by atoms with Crippen LogP contribution >= 0.6 is 11.3 Å². The smallest absolute Gasteiger partial charge is 0.0600 e. The van der Waals surface area contributed by atoms with Gasteiger partial charge in [0.2, 0.25) is 0 Å². The lowest BCUT2D eigenvalue weighted by atomic mass is 10.1. The highest BCUT2D eigenvalue weighted by Crippen LogP contribution is 2.28. The number of nitrogens with two attached hydrogens (primary N) is 1. The van der Waals surface area contributed by atoms with Crippen molar-refractivity contribution in [1.29, 1.82) is 0 Å². The van der Waals surface area contributed by atoms with Gasteiger partial charge in [0.15, 0.2) is 0 Å². The Hall–Kier alpha value is -1.48. The number of hydrogen-bond donors (Lipinski definition) is 1. The van der Waals surface area contributed by atoms with Crippen LogP contribution in [0.15, 0.2) is 35.7 Å². The number of rotatable bonds is 3. The molecule has 18 heavy (non-hydrogen) atoms. The number of nitrogens with zero attached hydrogens (tertiary/aromatic N) is 1. The van der Waals surface area contributed by atoms with Gasteiger partial charge in [-0.1, -0.05) is 12.1 Å². The summed E-state index contributed by atoms with van der Waals surface area (Å²) in [6.07, 6.45) is 3.56. The van der Waals surface area contributed by atoms with Gasteiger partial charge in [0.05, 0.1) is 11.4 Å². The van der Waals surface area contributed by atoms with Gasteiger partial charge in [-0.05, 0) is 42.0 Å². The second-order valence-electron chi connectivity index (χ2n) is 4.84. The van der Waals surface area contributed by atoms with Crippen molar-refractivity contribution in [2.45, 2.75) is 19.3 Å². The zero-order valence-corrected chi connectivity index (χ0v) is 11.2. The molecular weight excluding hydrogens is 240 g/mol. The number of nitrogen functional groups attached to an aromatic ring is 1. The van der Waals surface area contributed by atoms with E-state index in [-0.39, 0.29) is 0 Å². The number of benzene rings is 1. The zero-order chi connectivity index (χ0) is 12.4. The van der Waals surface area contributed by atoms with E-state index >= 15 is 0 Å². The molecule has 2 N–H and O–H groups in total. The minimum atomic E-state index is 0.922. The predicted molar refractivity (Wildman–Crippen MR) is 79.4 cm³/mol. The van der Waals surface area contributed by atoms with Crippen LogP contribution in [0.3, 0.4) is 0 Å². The third kappa shape index (κ3) is 2.36. The standard InChI is InChI=1S/C15H18N2S/c16-14-11-12(10-13-4-3-9-18-13)5-6-15(14)17-7-1-2-8-17/h3-6,9,11H,1-2,7-8,10,16H2. The quantitative estimate of drug-likeness (QED) is 0.853. The fraction of sp³-hybridized carbons (Fsp3) is 0.333. The van der Waals surface area contributed by atoms with Crippen LogP contribution in [0.25, 0.3) is 0 Å². The van der Waals surface area contributed by atoms with Gasteiger partial charge >= 0.3 is 0 Å². The lowest BCUT2D eigenvalue weighted by molar-refractivity contribution is 0.949. The Morgan fingerprint density at radius 2 is 2.00 bits per heavy atom. The molecule has 0 amide bonds. The van der Waals surface area contributed by atoms with Gasteiger partial charge in [-0.25, -0.2) is 0 Å². The topological polar surface area (TPSA) is 29.3 Å². The lowest BCUT2D eigenvalue weighted by Gasteiger charge is -2.20. The Labute approximate surface area is 112 Å². The maximum Gasteiger partial charge on any atom is 0.0600 e. The van der Waals surface area contributed by atoms with Crippen LogP contribution in [-0.4, -0.2) is 13.1 Å². The highest BCUT2D eigenvalue weighted by atomic mass is 32.1. The van der Waals surface area contributed by atoms with E-state index in [4.69, 9.17) is 5.73 Å². The second kappa shape index (κ2) is 5.02. The van der Waals surface area contributed by atoms with E-state index in [0.717, 1.165) is 25.2 Å². The summed E-state index contributed by atoms with van der Waals surface area (Å²) in [6, 6.07) is 10.8. The summed E-state index contributed by atoms with van der Waals surface area (Å²) in [4.78, 5) is 3.79. The van der Waals surface area contributed by atoms with Gasteiger partial charge in [0, 0.05) is 24.4 Å².